The van der Waals surface area contributed by atoms with E-state index < -0.39 is 12.1 Å². The maximum Gasteiger partial charge on any atom is 0.338 e. The number of ether oxygens (including phenoxy) is 1. The molecular weight excluding hydrogens is 404 g/mol. The molecule has 0 saturated carbocycles. The van der Waals surface area contributed by atoms with E-state index >= 15 is 0 Å². The van der Waals surface area contributed by atoms with Crippen molar-refractivity contribution in [1.82, 2.24) is 9.97 Å². The number of aromatic nitrogens is 2. The average molecular weight is 423 g/mol. The Hall–Kier alpha value is -2.90. The van der Waals surface area contributed by atoms with Gasteiger partial charge in [0.2, 0.25) is 5.78 Å². The maximum absolute atomic E-state index is 12.7. The molecule has 29 heavy (non-hydrogen) atoms. The van der Waals surface area contributed by atoms with Gasteiger partial charge < -0.3 is 9.72 Å². The Kier molecular flexibility index (Phi) is 5.78. The van der Waals surface area contributed by atoms with E-state index in [1.165, 1.54) is 0 Å². The number of hydrogen-bond acceptors (Lipinski definition) is 6. The van der Waals surface area contributed by atoms with Crippen molar-refractivity contribution in [3.63, 3.8) is 0 Å². The summed E-state index contributed by atoms with van der Waals surface area (Å²) in [6.45, 7) is 1.60. The van der Waals surface area contributed by atoms with E-state index in [0.29, 0.717) is 11.1 Å². The van der Waals surface area contributed by atoms with Gasteiger partial charge in [-0.2, -0.15) is 0 Å². The zero-order chi connectivity index (χ0) is 20.2. The number of Topliss-reactive ketones (excluding diaryl/α,β-unsaturated/α-hetero) is 1. The Labute approximate surface area is 176 Å². The number of fused-ring (bicyclic) bond motifs is 1. The number of H-pyrrole nitrogens is 1. The van der Waals surface area contributed by atoms with Crippen LogP contribution in [-0.2, 0) is 10.5 Å². The van der Waals surface area contributed by atoms with Crippen LogP contribution in [0.25, 0.3) is 10.9 Å². The predicted octanol–water partition coefficient (Wildman–Crippen LogP) is 5.34. The summed E-state index contributed by atoms with van der Waals surface area (Å²) in [5, 5.41) is 2.84. The smallest absolute Gasteiger partial charge is 0.338 e. The summed E-state index contributed by atoms with van der Waals surface area (Å²) in [5.41, 5.74) is 4.66. The number of thiazole rings is 1. The number of carbonyl (C=O) groups is 2. The summed E-state index contributed by atoms with van der Waals surface area (Å²) in [4.78, 5) is 33.5. The molecule has 1 atom stereocenters. The second kappa shape index (κ2) is 8.63. The number of ketones is 1. The molecule has 0 amide bonds. The van der Waals surface area contributed by atoms with E-state index in [-0.39, 0.29) is 5.78 Å². The summed E-state index contributed by atoms with van der Waals surface area (Å²) in [6.07, 6.45) is 0.784. The Morgan fingerprint density at radius 1 is 1.17 bits per heavy atom. The van der Waals surface area contributed by atoms with Gasteiger partial charge in [-0.1, -0.05) is 18.2 Å². The molecule has 4 rings (SSSR count). The van der Waals surface area contributed by atoms with Gasteiger partial charge in [0, 0.05) is 38.7 Å². The largest absolute Gasteiger partial charge is 0.451 e. The van der Waals surface area contributed by atoms with Crippen LogP contribution >= 0.6 is 23.1 Å². The predicted molar refractivity (Wildman–Crippen MR) is 116 cm³/mol. The van der Waals surface area contributed by atoms with Crippen LogP contribution in [-0.4, -0.2) is 27.8 Å². The van der Waals surface area contributed by atoms with Crippen molar-refractivity contribution in [2.24, 2.45) is 0 Å². The second-order valence-electron chi connectivity index (χ2n) is 6.45. The first kappa shape index (κ1) is 19.4. The van der Waals surface area contributed by atoms with Gasteiger partial charge in [-0.05, 0) is 37.3 Å². The lowest BCUT2D eigenvalue weighted by molar-refractivity contribution is 0.0319. The Morgan fingerprint density at radius 2 is 1.97 bits per heavy atom. The van der Waals surface area contributed by atoms with Gasteiger partial charge in [0.05, 0.1) is 16.8 Å². The van der Waals surface area contributed by atoms with Crippen molar-refractivity contribution in [2.45, 2.75) is 23.7 Å². The SMILES string of the molecule is CC(OC(=O)c1ccc(SCc2cscn2)cc1)C(=O)c1c[nH]c2ccccc12. The van der Waals surface area contributed by atoms with E-state index in [9.17, 15) is 9.59 Å². The van der Waals surface area contributed by atoms with Gasteiger partial charge in [0.1, 0.15) is 0 Å². The van der Waals surface area contributed by atoms with Gasteiger partial charge in [-0.3, -0.25) is 4.79 Å². The molecule has 0 aliphatic rings. The Balaban J connectivity index is 1.38. The third-order valence-corrected chi connectivity index (χ3v) is 6.15. The highest BCUT2D eigenvalue weighted by molar-refractivity contribution is 7.98. The van der Waals surface area contributed by atoms with E-state index in [0.717, 1.165) is 27.2 Å². The van der Waals surface area contributed by atoms with E-state index in [4.69, 9.17) is 4.74 Å². The molecule has 1 N–H and O–H groups in total. The van der Waals surface area contributed by atoms with Crippen molar-refractivity contribution in [3.05, 3.63) is 82.4 Å². The monoisotopic (exact) mass is 422 g/mol. The minimum atomic E-state index is -0.875. The summed E-state index contributed by atoms with van der Waals surface area (Å²) in [7, 11) is 0. The first-order valence-corrected chi connectivity index (χ1v) is 11.0. The number of hydrogen-bond donors (Lipinski definition) is 1. The van der Waals surface area contributed by atoms with Crippen LogP contribution in [0.3, 0.4) is 0 Å². The van der Waals surface area contributed by atoms with Crippen molar-refractivity contribution < 1.29 is 14.3 Å². The topological polar surface area (TPSA) is 72.0 Å². The number of thioether (sulfide) groups is 1. The van der Waals surface area contributed by atoms with Crippen molar-refractivity contribution in [1.29, 1.82) is 0 Å². The molecule has 0 aliphatic heterocycles. The van der Waals surface area contributed by atoms with Gasteiger partial charge in [0.25, 0.3) is 0 Å². The van der Waals surface area contributed by atoms with E-state index in [2.05, 4.69) is 9.97 Å². The fourth-order valence-corrected chi connectivity index (χ4v) is 4.39. The highest BCUT2D eigenvalue weighted by Gasteiger charge is 2.22. The minimum Gasteiger partial charge on any atom is -0.451 e. The molecule has 7 heteroatoms. The Bertz CT molecular complexity index is 1130. The van der Waals surface area contributed by atoms with Crippen LogP contribution < -0.4 is 0 Å². The molecule has 2 aromatic heterocycles. The lowest BCUT2D eigenvalue weighted by atomic mass is 10.1. The second-order valence-corrected chi connectivity index (χ2v) is 8.22. The molecule has 0 aliphatic carbocycles. The molecular formula is C22H18N2O3S2. The van der Waals surface area contributed by atoms with Crippen molar-refractivity contribution in [3.8, 4) is 0 Å². The minimum absolute atomic E-state index is 0.230. The van der Waals surface area contributed by atoms with Crippen LogP contribution in [0.15, 0.2) is 70.5 Å². The third kappa shape index (κ3) is 4.41. The maximum atomic E-state index is 12.7. The molecule has 0 radical (unpaired) electrons. The fraction of sp³-hybridized carbons (Fsp3) is 0.136. The summed E-state index contributed by atoms with van der Waals surface area (Å²) in [6, 6.07) is 14.7. The Morgan fingerprint density at radius 3 is 2.72 bits per heavy atom. The molecule has 146 valence electrons. The molecule has 0 saturated heterocycles. The van der Waals surface area contributed by atoms with E-state index in [1.807, 2.05) is 47.3 Å². The van der Waals surface area contributed by atoms with E-state index in [1.54, 1.807) is 48.4 Å². The summed E-state index contributed by atoms with van der Waals surface area (Å²) in [5.74, 6) is 0.0386. The number of para-hydroxylation sites is 1. The lowest BCUT2D eigenvalue weighted by Gasteiger charge is -2.12. The molecule has 2 aromatic carbocycles. The van der Waals surface area contributed by atoms with Gasteiger partial charge >= 0.3 is 5.97 Å². The summed E-state index contributed by atoms with van der Waals surface area (Å²) >= 11 is 3.22. The van der Waals surface area contributed by atoms with Crippen LogP contribution in [0.4, 0.5) is 0 Å². The first-order valence-electron chi connectivity index (χ1n) is 9.03. The standard InChI is InChI=1S/C22H18N2O3S2/c1-14(21(25)19-10-23-20-5-3-2-4-18(19)20)27-22(26)15-6-8-17(9-7-15)29-12-16-11-28-13-24-16/h2-11,13-14,23H,12H2,1H3. The van der Waals surface area contributed by atoms with Crippen LogP contribution in [0.2, 0.25) is 0 Å². The highest BCUT2D eigenvalue weighted by atomic mass is 32.2. The number of rotatable bonds is 7. The third-order valence-electron chi connectivity index (χ3n) is 4.47. The number of nitrogens with one attached hydrogen (secondary N) is 1. The fourth-order valence-electron chi connectivity index (χ4n) is 2.93. The molecule has 0 spiro atoms. The molecule has 5 nitrogen and oxygen atoms in total. The number of carbonyl (C=O) groups excluding carboxylic acids is 2. The van der Waals surface area contributed by atoms with Crippen LogP contribution in [0.5, 0.6) is 0 Å². The van der Waals surface area contributed by atoms with Gasteiger partial charge in [-0.15, -0.1) is 23.1 Å². The van der Waals surface area contributed by atoms with Crippen LogP contribution in [0, 0.1) is 0 Å². The van der Waals surface area contributed by atoms with Gasteiger partial charge in [-0.25, -0.2) is 9.78 Å². The molecule has 2 heterocycles. The number of nitrogens with zero attached hydrogens (tertiary/aromatic N) is 1. The number of benzene rings is 2. The molecule has 1 unspecified atom stereocenters. The summed E-state index contributed by atoms with van der Waals surface area (Å²) < 4.78 is 5.41. The number of esters is 1. The molecule has 0 bridgehead atoms. The molecule has 4 aromatic rings. The normalized spacial score (nSPS) is 12.0. The lowest BCUT2D eigenvalue weighted by Crippen LogP contribution is -2.24. The number of aromatic amines is 1. The van der Waals surface area contributed by atoms with Crippen molar-refractivity contribution in [2.75, 3.05) is 0 Å². The molecule has 0 fully saturated rings. The zero-order valence-corrected chi connectivity index (χ0v) is 17.3. The van der Waals surface area contributed by atoms with Crippen molar-refractivity contribution >= 4 is 45.8 Å². The zero-order valence-electron chi connectivity index (χ0n) is 15.6. The van der Waals surface area contributed by atoms with Gasteiger partial charge in [0.15, 0.2) is 6.10 Å². The quantitative estimate of drug-likeness (QED) is 0.247. The average Bonchev–Trinajstić information content (AvgIpc) is 3.42. The van der Waals surface area contributed by atoms with Crippen LogP contribution in [0.1, 0.15) is 33.3 Å². The highest BCUT2D eigenvalue weighted by Crippen LogP contribution is 2.24. The first-order chi connectivity index (χ1) is 14.1.